The Balaban J connectivity index is 1.86. The number of nitrogens with one attached hydrogen (secondary N) is 2. The third kappa shape index (κ3) is 3.82. The van der Waals surface area contributed by atoms with Gasteiger partial charge in [0, 0.05) is 19.2 Å². The van der Waals surface area contributed by atoms with Crippen molar-refractivity contribution in [1.82, 2.24) is 10.5 Å². The Morgan fingerprint density at radius 1 is 1.37 bits per heavy atom. The summed E-state index contributed by atoms with van der Waals surface area (Å²) in [6.07, 6.45) is 0. The van der Waals surface area contributed by atoms with Crippen LogP contribution in [0.4, 0.5) is 10.6 Å². The van der Waals surface area contributed by atoms with Gasteiger partial charge in [0.25, 0.3) is 0 Å². The number of amides is 2. The van der Waals surface area contributed by atoms with E-state index < -0.39 is 0 Å². The van der Waals surface area contributed by atoms with E-state index in [0.29, 0.717) is 24.7 Å². The van der Waals surface area contributed by atoms with Crippen molar-refractivity contribution in [2.24, 2.45) is 5.73 Å². The molecule has 19 heavy (non-hydrogen) atoms. The quantitative estimate of drug-likeness (QED) is 0.781. The number of anilines is 1. The molecule has 0 aliphatic carbocycles. The van der Waals surface area contributed by atoms with E-state index in [9.17, 15) is 4.79 Å². The molecule has 2 rings (SSSR count). The maximum Gasteiger partial charge on any atom is 0.320 e. The number of aromatic nitrogens is 1. The van der Waals surface area contributed by atoms with Gasteiger partial charge in [0.05, 0.1) is 0 Å². The number of nitrogens with zero attached hydrogens (tertiary/aromatic N) is 1. The van der Waals surface area contributed by atoms with Gasteiger partial charge >= 0.3 is 6.03 Å². The Labute approximate surface area is 111 Å². The van der Waals surface area contributed by atoms with E-state index in [0.717, 1.165) is 11.1 Å². The zero-order chi connectivity index (χ0) is 13.7. The predicted octanol–water partition coefficient (Wildman–Crippen LogP) is 1.76. The number of carbonyl (C=O) groups is 1. The first-order valence-electron chi connectivity index (χ1n) is 5.93. The fourth-order valence-electron chi connectivity index (χ4n) is 1.63. The van der Waals surface area contributed by atoms with Crippen molar-refractivity contribution in [2.45, 2.75) is 20.0 Å². The molecule has 0 saturated carbocycles. The molecule has 2 aromatic rings. The van der Waals surface area contributed by atoms with Crippen LogP contribution in [0.2, 0.25) is 0 Å². The van der Waals surface area contributed by atoms with Gasteiger partial charge in [-0.1, -0.05) is 29.4 Å². The van der Waals surface area contributed by atoms with Crippen molar-refractivity contribution in [1.29, 1.82) is 0 Å². The fraction of sp³-hybridized carbons (Fsp3) is 0.231. The van der Waals surface area contributed by atoms with E-state index in [1.165, 1.54) is 0 Å². The fourth-order valence-corrected chi connectivity index (χ4v) is 1.63. The minimum atomic E-state index is -0.327. The summed E-state index contributed by atoms with van der Waals surface area (Å²) >= 11 is 0. The zero-order valence-electron chi connectivity index (χ0n) is 10.6. The number of carbonyl (C=O) groups excluding carboxylic acids is 1. The summed E-state index contributed by atoms with van der Waals surface area (Å²) in [6.45, 7) is 2.67. The average molecular weight is 260 g/mol. The average Bonchev–Trinajstić information content (AvgIpc) is 2.82. The minimum Gasteiger partial charge on any atom is -0.360 e. The number of benzene rings is 1. The first kappa shape index (κ1) is 13.1. The van der Waals surface area contributed by atoms with Crippen LogP contribution >= 0.6 is 0 Å². The molecule has 2 amide bonds. The summed E-state index contributed by atoms with van der Waals surface area (Å²) in [7, 11) is 0. The van der Waals surface area contributed by atoms with Crippen LogP contribution in [0.3, 0.4) is 0 Å². The molecule has 6 nitrogen and oxygen atoms in total. The maximum absolute atomic E-state index is 11.6. The standard InChI is InChI=1S/C13H16N4O2/c1-9-5-12(17-19-9)16-13(18)15-8-11-4-2-3-10(6-11)7-14/h2-6H,7-8,14H2,1H3,(H2,15,16,17,18). The predicted molar refractivity (Wildman–Crippen MR) is 71.4 cm³/mol. The summed E-state index contributed by atoms with van der Waals surface area (Å²) in [5.41, 5.74) is 7.59. The van der Waals surface area contributed by atoms with E-state index in [-0.39, 0.29) is 6.03 Å². The molecule has 1 aromatic carbocycles. The minimum absolute atomic E-state index is 0.327. The molecule has 100 valence electrons. The van der Waals surface area contributed by atoms with Crippen LogP contribution in [0.1, 0.15) is 16.9 Å². The van der Waals surface area contributed by atoms with E-state index in [2.05, 4.69) is 15.8 Å². The smallest absolute Gasteiger partial charge is 0.320 e. The van der Waals surface area contributed by atoms with Gasteiger partial charge in [0.15, 0.2) is 5.82 Å². The number of hydrogen-bond donors (Lipinski definition) is 3. The van der Waals surface area contributed by atoms with Crippen molar-refractivity contribution in [2.75, 3.05) is 5.32 Å². The molecule has 0 saturated heterocycles. The summed E-state index contributed by atoms with van der Waals surface area (Å²) in [5.74, 6) is 1.04. The SMILES string of the molecule is Cc1cc(NC(=O)NCc2cccc(CN)c2)no1. The van der Waals surface area contributed by atoms with Crippen molar-refractivity contribution >= 4 is 11.8 Å². The van der Waals surface area contributed by atoms with Crippen molar-refractivity contribution in [3.63, 3.8) is 0 Å². The third-order valence-electron chi connectivity index (χ3n) is 2.55. The Bertz CT molecular complexity index is 565. The molecule has 0 aliphatic heterocycles. The second kappa shape index (κ2) is 6.01. The van der Waals surface area contributed by atoms with Gasteiger partial charge < -0.3 is 15.6 Å². The third-order valence-corrected chi connectivity index (χ3v) is 2.55. The molecule has 0 atom stereocenters. The molecule has 1 heterocycles. The normalized spacial score (nSPS) is 10.2. The van der Waals surface area contributed by atoms with Crippen LogP contribution < -0.4 is 16.4 Å². The van der Waals surface area contributed by atoms with Crippen LogP contribution in [-0.4, -0.2) is 11.2 Å². The Hall–Kier alpha value is -2.34. The zero-order valence-corrected chi connectivity index (χ0v) is 10.6. The summed E-state index contributed by atoms with van der Waals surface area (Å²) < 4.78 is 4.85. The second-order valence-electron chi connectivity index (χ2n) is 4.15. The van der Waals surface area contributed by atoms with Crippen LogP contribution in [0, 0.1) is 6.92 Å². The van der Waals surface area contributed by atoms with Crippen LogP contribution in [0.5, 0.6) is 0 Å². The van der Waals surface area contributed by atoms with Gasteiger partial charge in [-0.15, -0.1) is 0 Å². The first-order valence-corrected chi connectivity index (χ1v) is 5.93. The van der Waals surface area contributed by atoms with Gasteiger partial charge in [-0.05, 0) is 18.1 Å². The topological polar surface area (TPSA) is 93.2 Å². The highest BCUT2D eigenvalue weighted by Gasteiger charge is 2.05. The largest absolute Gasteiger partial charge is 0.360 e. The maximum atomic E-state index is 11.6. The Kier molecular flexibility index (Phi) is 4.15. The molecular formula is C13H16N4O2. The lowest BCUT2D eigenvalue weighted by molar-refractivity contribution is 0.251. The van der Waals surface area contributed by atoms with E-state index >= 15 is 0 Å². The Morgan fingerprint density at radius 2 is 2.16 bits per heavy atom. The monoisotopic (exact) mass is 260 g/mol. The highest BCUT2D eigenvalue weighted by atomic mass is 16.5. The highest BCUT2D eigenvalue weighted by Crippen LogP contribution is 2.07. The van der Waals surface area contributed by atoms with Crippen molar-refractivity contribution in [3.8, 4) is 0 Å². The molecule has 0 bridgehead atoms. The molecule has 0 aliphatic rings. The van der Waals surface area contributed by atoms with E-state index in [4.69, 9.17) is 10.3 Å². The number of urea groups is 1. The van der Waals surface area contributed by atoms with E-state index in [1.807, 2.05) is 24.3 Å². The van der Waals surface area contributed by atoms with Gasteiger partial charge in [0.2, 0.25) is 0 Å². The molecule has 0 radical (unpaired) electrons. The van der Waals surface area contributed by atoms with E-state index in [1.54, 1.807) is 13.0 Å². The van der Waals surface area contributed by atoms with Crippen LogP contribution in [-0.2, 0) is 13.1 Å². The molecular weight excluding hydrogens is 244 g/mol. The number of rotatable bonds is 4. The summed E-state index contributed by atoms with van der Waals surface area (Å²) in [6, 6.07) is 9.07. The Morgan fingerprint density at radius 3 is 2.84 bits per heavy atom. The molecule has 4 N–H and O–H groups in total. The number of hydrogen-bond acceptors (Lipinski definition) is 4. The molecule has 0 unspecified atom stereocenters. The van der Waals surface area contributed by atoms with Gasteiger partial charge in [-0.2, -0.15) is 0 Å². The number of aryl methyl sites for hydroxylation is 1. The molecule has 0 spiro atoms. The van der Waals surface area contributed by atoms with Gasteiger partial charge in [-0.3, -0.25) is 5.32 Å². The second-order valence-corrected chi connectivity index (χ2v) is 4.15. The summed E-state index contributed by atoms with van der Waals surface area (Å²) in [4.78, 5) is 11.6. The molecule has 6 heteroatoms. The van der Waals surface area contributed by atoms with Gasteiger partial charge in [-0.25, -0.2) is 4.79 Å². The lowest BCUT2D eigenvalue weighted by Crippen LogP contribution is -2.28. The lowest BCUT2D eigenvalue weighted by Gasteiger charge is -2.06. The highest BCUT2D eigenvalue weighted by molar-refractivity contribution is 5.88. The molecule has 0 fully saturated rings. The van der Waals surface area contributed by atoms with Gasteiger partial charge in [0.1, 0.15) is 5.76 Å². The first-order chi connectivity index (χ1) is 9.17. The van der Waals surface area contributed by atoms with Crippen LogP contribution in [0.15, 0.2) is 34.9 Å². The lowest BCUT2D eigenvalue weighted by atomic mass is 10.1. The number of nitrogens with two attached hydrogens (primary N) is 1. The van der Waals surface area contributed by atoms with Crippen molar-refractivity contribution in [3.05, 3.63) is 47.2 Å². The summed E-state index contributed by atoms with van der Waals surface area (Å²) in [5, 5.41) is 8.99. The van der Waals surface area contributed by atoms with Crippen molar-refractivity contribution < 1.29 is 9.32 Å². The van der Waals surface area contributed by atoms with Crippen LogP contribution in [0.25, 0.3) is 0 Å². The molecule has 1 aromatic heterocycles.